The Morgan fingerprint density at radius 2 is 1.73 bits per heavy atom. The van der Waals surface area contributed by atoms with Gasteiger partial charge in [0.1, 0.15) is 5.82 Å². The van der Waals surface area contributed by atoms with Gasteiger partial charge in [-0.1, -0.05) is 23.2 Å². The van der Waals surface area contributed by atoms with Gasteiger partial charge < -0.3 is 0 Å². The van der Waals surface area contributed by atoms with Crippen LogP contribution < -0.4 is 0 Å². The number of nitrogens with zero attached hydrogens (tertiary/aromatic N) is 4. The van der Waals surface area contributed by atoms with E-state index in [0.717, 1.165) is 12.1 Å². The van der Waals surface area contributed by atoms with Crippen LogP contribution in [0, 0.1) is 11.6 Å². The molecule has 0 saturated heterocycles. The van der Waals surface area contributed by atoms with Crippen LogP contribution in [0.2, 0.25) is 10.2 Å². The molecule has 112 valence electrons. The van der Waals surface area contributed by atoms with E-state index in [-0.39, 0.29) is 5.15 Å². The van der Waals surface area contributed by atoms with Gasteiger partial charge in [0.15, 0.2) is 16.8 Å². The molecule has 2 aromatic heterocycles. The molecule has 0 amide bonds. The second-order valence-corrected chi connectivity index (χ2v) is 5.29. The Morgan fingerprint density at radius 3 is 2.41 bits per heavy atom. The molecule has 0 bridgehead atoms. The molecule has 0 spiro atoms. The molecule has 4 nitrogen and oxygen atoms in total. The normalized spacial score (nSPS) is 10.9. The largest absolute Gasteiger partial charge is 0.239 e. The zero-order valence-electron chi connectivity index (χ0n) is 11.0. The Labute approximate surface area is 134 Å². The number of aromatic nitrogens is 4. The molecule has 8 heteroatoms. The Morgan fingerprint density at radius 1 is 1.00 bits per heavy atom. The van der Waals surface area contributed by atoms with Crippen LogP contribution in [0.5, 0.6) is 0 Å². The molecule has 0 aliphatic rings. The predicted molar refractivity (Wildman–Crippen MR) is 78.3 cm³/mol. The van der Waals surface area contributed by atoms with Crippen molar-refractivity contribution in [2.24, 2.45) is 0 Å². The molecule has 22 heavy (non-hydrogen) atoms. The Balaban J connectivity index is 1.98. The summed E-state index contributed by atoms with van der Waals surface area (Å²) in [6.45, 7) is 0. The van der Waals surface area contributed by atoms with Crippen molar-refractivity contribution >= 4 is 23.2 Å². The van der Waals surface area contributed by atoms with Gasteiger partial charge in [0.25, 0.3) is 0 Å². The highest BCUT2D eigenvalue weighted by Crippen LogP contribution is 2.20. The number of hydrogen-bond donors (Lipinski definition) is 0. The number of benzene rings is 1. The average molecular weight is 341 g/mol. The van der Waals surface area contributed by atoms with Gasteiger partial charge in [-0.05, 0) is 18.2 Å². The van der Waals surface area contributed by atoms with Crippen molar-refractivity contribution in [3.8, 4) is 5.69 Å². The van der Waals surface area contributed by atoms with E-state index in [1.807, 2.05) is 0 Å². The quantitative estimate of drug-likeness (QED) is 0.727. The van der Waals surface area contributed by atoms with Crippen molar-refractivity contribution < 1.29 is 8.78 Å². The Hall–Kier alpha value is -2.05. The number of halogens is 4. The summed E-state index contributed by atoms with van der Waals surface area (Å²) in [4.78, 5) is 8.18. The van der Waals surface area contributed by atoms with Crippen molar-refractivity contribution in [2.75, 3.05) is 0 Å². The fraction of sp³-hybridized carbons (Fsp3) is 0.0714. The molecule has 0 unspecified atom stereocenters. The van der Waals surface area contributed by atoms with Gasteiger partial charge in [0.2, 0.25) is 0 Å². The highest BCUT2D eigenvalue weighted by atomic mass is 35.5. The zero-order valence-corrected chi connectivity index (χ0v) is 12.5. The first-order chi connectivity index (χ1) is 10.5. The lowest BCUT2D eigenvalue weighted by Crippen LogP contribution is -2.05. The molecule has 0 atom stereocenters. The molecule has 0 aliphatic carbocycles. The summed E-state index contributed by atoms with van der Waals surface area (Å²) in [5.74, 6) is -1.38. The van der Waals surface area contributed by atoms with Gasteiger partial charge in [0, 0.05) is 18.5 Å². The molecule has 0 fully saturated rings. The van der Waals surface area contributed by atoms with Crippen LogP contribution in [-0.2, 0) is 6.42 Å². The van der Waals surface area contributed by atoms with Crippen molar-refractivity contribution in [1.82, 2.24) is 19.7 Å². The minimum absolute atomic E-state index is 0.230. The van der Waals surface area contributed by atoms with Crippen LogP contribution >= 0.6 is 23.2 Å². The van der Waals surface area contributed by atoms with Crippen LogP contribution in [0.4, 0.5) is 8.78 Å². The summed E-state index contributed by atoms with van der Waals surface area (Å²) in [6.07, 6.45) is 3.27. The summed E-state index contributed by atoms with van der Waals surface area (Å²) in [5, 5.41) is 4.73. The number of hydrogen-bond acceptors (Lipinski definition) is 3. The van der Waals surface area contributed by atoms with Crippen molar-refractivity contribution in [3.05, 3.63) is 70.0 Å². The van der Waals surface area contributed by atoms with Crippen LogP contribution in [-0.4, -0.2) is 19.7 Å². The Bertz CT molecular complexity index is 818. The van der Waals surface area contributed by atoms with E-state index in [1.165, 1.54) is 23.1 Å². The van der Waals surface area contributed by atoms with Crippen molar-refractivity contribution in [3.63, 3.8) is 0 Å². The van der Waals surface area contributed by atoms with Crippen molar-refractivity contribution in [2.45, 2.75) is 6.42 Å². The monoisotopic (exact) mass is 340 g/mol. The van der Waals surface area contributed by atoms with E-state index in [9.17, 15) is 8.78 Å². The summed E-state index contributed by atoms with van der Waals surface area (Å²) in [5.41, 5.74) is 0.994. The SMILES string of the molecule is Fc1ccc(-n2nc(Cl)cc2Cc2ncc(Cl)cn2)cc1F. The molecule has 3 aromatic rings. The van der Waals surface area contributed by atoms with Gasteiger partial charge >= 0.3 is 0 Å². The minimum atomic E-state index is -0.960. The molecular formula is C14H8Cl2F2N4. The topological polar surface area (TPSA) is 43.6 Å². The van der Waals surface area contributed by atoms with Crippen LogP contribution in [0.3, 0.4) is 0 Å². The number of rotatable bonds is 3. The zero-order chi connectivity index (χ0) is 15.7. The maximum atomic E-state index is 13.4. The molecule has 0 N–H and O–H groups in total. The van der Waals surface area contributed by atoms with E-state index >= 15 is 0 Å². The average Bonchev–Trinajstić information content (AvgIpc) is 2.85. The smallest absolute Gasteiger partial charge is 0.160 e. The molecule has 2 heterocycles. The molecule has 0 saturated carbocycles. The third-order valence-electron chi connectivity index (χ3n) is 2.91. The Kier molecular flexibility index (Phi) is 4.04. The van der Waals surface area contributed by atoms with Gasteiger partial charge in [-0.2, -0.15) is 5.10 Å². The van der Waals surface area contributed by atoms with E-state index in [2.05, 4.69) is 15.1 Å². The van der Waals surface area contributed by atoms with E-state index in [1.54, 1.807) is 6.07 Å². The third-order valence-corrected chi connectivity index (χ3v) is 3.29. The summed E-state index contributed by atoms with van der Waals surface area (Å²) >= 11 is 11.7. The molecule has 3 rings (SSSR count). The standard InChI is InChI=1S/C14H8Cl2F2N4/c15-8-6-19-14(20-7-8)5-10-4-13(16)21-22(10)9-1-2-11(17)12(18)3-9/h1-4,6-7H,5H2. The fourth-order valence-corrected chi connectivity index (χ4v) is 2.24. The van der Waals surface area contributed by atoms with Gasteiger partial charge in [-0.15, -0.1) is 0 Å². The molecule has 0 aliphatic heterocycles. The lowest BCUT2D eigenvalue weighted by atomic mass is 10.2. The predicted octanol–water partition coefficient (Wildman–Crippen LogP) is 3.84. The second kappa shape index (κ2) is 5.98. The lowest BCUT2D eigenvalue weighted by Gasteiger charge is -2.07. The van der Waals surface area contributed by atoms with E-state index in [4.69, 9.17) is 23.2 Å². The molecular weight excluding hydrogens is 333 g/mol. The highest BCUT2D eigenvalue weighted by molar-refractivity contribution is 6.30. The van der Waals surface area contributed by atoms with E-state index in [0.29, 0.717) is 28.6 Å². The second-order valence-electron chi connectivity index (χ2n) is 4.46. The first kappa shape index (κ1) is 14.9. The van der Waals surface area contributed by atoms with Gasteiger partial charge in [0.05, 0.1) is 22.8 Å². The fourth-order valence-electron chi connectivity index (χ4n) is 1.95. The first-order valence-electron chi connectivity index (χ1n) is 6.19. The first-order valence-corrected chi connectivity index (χ1v) is 6.95. The summed E-state index contributed by atoms with van der Waals surface area (Å²) in [6, 6.07) is 5.10. The van der Waals surface area contributed by atoms with Gasteiger partial charge in [-0.25, -0.2) is 23.4 Å². The maximum absolute atomic E-state index is 13.4. The maximum Gasteiger partial charge on any atom is 0.160 e. The van der Waals surface area contributed by atoms with Crippen LogP contribution in [0.1, 0.15) is 11.5 Å². The highest BCUT2D eigenvalue weighted by Gasteiger charge is 2.12. The summed E-state index contributed by atoms with van der Waals surface area (Å²) in [7, 11) is 0. The molecule has 0 radical (unpaired) electrons. The van der Waals surface area contributed by atoms with Crippen LogP contribution in [0.15, 0.2) is 36.7 Å². The molecule has 1 aromatic carbocycles. The lowest BCUT2D eigenvalue weighted by molar-refractivity contribution is 0.507. The van der Waals surface area contributed by atoms with Crippen LogP contribution in [0.25, 0.3) is 5.69 Å². The minimum Gasteiger partial charge on any atom is -0.239 e. The van der Waals surface area contributed by atoms with E-state index < -0.39 is 11.6 Å². The van der Waals surface area contributed by atoms with Crippen molar-refractivity contribution in [1.29, 1.82) is 0 Å². The van der Waals surface area contributed by atoms with Gasteiger partial charge in [-0.3, -0.25) is 0 Å². The summed E-state index contributed by atoms with van der Waals surface area (Å²) < 4.78 is 27.8. The third kappa shape index (κ3) is 3.08.